The van der Waals surface area contributed by atoms with Gasteiger partial charge in [0.15, 0.2) is 0 Å². The van der Waals surface area contributed by atoms with Crippen LogP contribution < -0.4 is 4.74 Å². The predicted octanol–water partition coefficient (Wildman–Crippen LogP) is 3.22. The maximum absolute atomic E-state index is 12.8. The molecule has 2 unspecified atom stereocenters. The monoisotopic (exact) mass is 392 g/mol. The topological polar surface area (TPSA) is 51.7 Å². The first-order valence-corrected chi connectivity index (χ1v) is 9.07. The Morgan fingerprint density at radius 3 is 2.79 bits per heavy atom. The van der Waals surface area contributed by atoms with E-state index in [2.05, 4.69) is 4.98 Å². The second-order valence-electron chi connectivity index (χ2n) is 6.97. The Bertz CT molecular complexity index is 872. The van der Waals surface area contributed by atoms with Crippen LogP contribution in [0, 0.1) is 0 Å². The lowest BCUT2D eigenvalue weighted by molar-refractivity contribution is -0.144. The number of nitrogens with zero attached hydrogens (tertiary/aromatic N) is 2. The number of carbonyl (C=O) groups excluding carboxylic acids is 1. The van der Waals surface area contributed by atoms with E-state index in [0.29, 0.717) is 32.5 Å². The van der Waals surface area contributed by atoms with Crippen molar-refractivity contribution in [3.63, 3.8) is 0 Å². The van der Waals surface area contributed by atoms with Gasteiger partial charge in [-0.3, -0.25) is 4.79 Å². The lowest BCUT2D eigenvalue weighted by atomic mass is 9.98. The van der Waals surface area contributed by atoms with Crippen molar-refractivity contribution in [1.82, 2.24) is 9.88 Å². The molecular formula is C20H19F3N2O3. The molecule has 2 aromatic rings. The zero-order valence-corrected chi connectivity index (χ0v) is 15.0. The van der Waals surface area contributed by atoms with Crippen LogP contribution in [0.1, 0.15) is 23.1 Å². The number of amides is 1. The first kappa shape index (κ1) is 18.7. The number of ether oxygens (including phenoxy) is 2. The number of fused-ring (bicyclic) bond motifs is 1. The Kier molecular flexibility index (Phi) is 4.97. The van der Waals surface area contributed by atoms with Crippen molar-refractivity contribution in [2.24, 2.45) is 0 Å². The zero-order valence-electron chi connectivity index (χ0n) is 15.0. The van der Waals surface area contributed by atoms with Gasteiger partial charge in [-0.2, -0.15) is 13.2 Å². The molecule has 0 N–H and O–H groups in total. The van der Waals surface area contributed by atoms with Crippen LogP contribution in [0.5, 0.6) is 5.88 Å². The standard InChI is InChI=1S/C20H19F3N2O3/c21-20(22,23)15-5-7-24-18(10-15)28-16-6-8-25(11-16)19(26)17-9-13-3-1-2-4-14(13)12-27-17/h1-5,7,10,16-17H,6,8-9,11-12H2. The van der Waals surface area contributed by atoms with Crippen LogP contribution in [-0.2, 0) is 28.7 Å². The van der Waals surface area contributed by atoms with Gasteiger partial charge in [0.1, 0.15) is 12.2 Å². The molecule has 8 heteroatoms. The third kappa shape index (κ3) is 3.96. The molecule has 0 radical (unpaired) electrons. The molecule has 1 fully saturated rings. The number of pyridine rings is 1. The lowest BCUT2D eigenvalue weighted by Gasteiger charge is -2.28. The van der Waals surface area contributed by atoms with Crippen LogP contribution in [-0.4, -0.2) is 41.1 Å². The Balaban J connectivity index is 1.36. The highest BCUT2D eigenvalue weighted by atomic mass is 19.4. The summed E-state index contributed by atoms with van der Waals surface area (Å²) < 4.78 is 49.7. The van der Waals surface area contributed by atoms with E-state index in [0.717, 1.165) is 29.5 Å². The van der Waals surface area contributed by atoms with Gasteiger partial charge in [0.25, 0.3) is 5.91 Å². The Morgan fingerprint density at radius 2 is 2.00 bits per heavy atom. The van der Waals surface area contributed by atoms with E-state index in [1.807, 2.05) is 24.3 Å². The molecule has 1 aromatic heterocycles. The van der Waals surface area contributed by atoms with Crippen molar-refractivity contribution < 1.29 is 27.4 Å². The average molecular weight is 392 g/mol. The minimum Gasteiger partial charge on any atom is -0.472 e. The molecule has 2 atom stereocenters. The minimum atomic E-state index is -4.45. The van der Waals surface area contributed by atoms with E-state index in [4.69, 9.17) is 9.47 Å². The van der Waals surface area contributed by atoms with Gasteiger partial charge >= 0.3 is 6.18 Å². The van der Waals surface area contributed by atoms with Crippen molar-refractivity contribution in [1.29, 1.82) is 0 Å². The molecular weight excluding hydrogens is 373 g/mol. The van der Waals surface area contributed by atoms with Crippen LogP contribution in [0.4, 0.5) is 13.2 Å². The molecule has 28 heavy (non-hydrogen) atoms. The number of halogens is 3. The van der Waals surface area contributed by atoms with Crippen LogP contribution in [0.2, 0.25) is 0 Å². The van der Waals surface area contributed by atoms with E-state index >= 15 is 0 Å². The molecule has 0 aliphatic carbocycles. The van der Waals surface area contributed by atoms with Crippen LogP contribution in [0.3, 0.4) is 0 Å². The van der Waals surface area contributed by atoms with Crippen molar-refractivity contribution in [2.75, 3.05) is 13.1 Å². The zero-order chi connectivity index (χ0) is 19.7. The molecule has 1 saturated heterocycles. The third-order valence-electron chi connectivity index (χ3n) is 5.05. The largest absolute Gasteiger partial charge is 0.472 e. The molecule has 0 bridgehead atoms. The SMILES string of the molecule is O=C(C1Cc2ccccc2CO1)N1CCC(Oc2cc(C(F)(F)F)ccn2)C1. The highest BCUT2D eigenvalue weighted by Crippen LogP contribution is 2.31. The smallest absolute Gasteiger partial charge is 0.416 e. The number of alkyl halides is 3. The summed E-state index contributed by atoms with van der Waals surface area (Å²) in [5, 5.41) is 0. The molecule has 0 spiro atoms. The first-order valence-electron chi connectivity index (χ1n) is 9.07. The highest BCUT2D eigenvalue weighted by Gasteiger charge is 2.35. The van der Waals surface area contributed by atoms with Crippen LogP contribution in [0.15, 0.2) is 42.6 Å². The number of likely N-dealkylation sites (tertiary alicyclic amines) is 1. The van der Waals surface area contributed by atoms with Gasteiger partial charge in [0.05, 0.1) is 18.7 Å². The lowest BCUT2D eigenvalue weighted by Crippen LogP contribution is -2.42. The van der Waals surface area contributed by atoms with Crippen LogP contribution >= 0.6 is 0 Å². The number of hydrogen-bond donors (Lipinski definition) is 0. The normalized spacial score (nSPS) is 22.0. The van der Waals surface area contributed by atoms with Gasteiger partial charge in [-0.1, -0.05) is 24.3 Å². The van der Waals surface area contributed by atoms with Crippen molar-refractivity contribution in [2.45, 2.75) is 37.8 Å². The van der Waals surface area contributed by atoms with Gasteiger partial charge in [-0.15, -0.1) is 0 Å². The van der Waals surface area contributed by atoms with Crippen molar-refractivity contribution in [3.8, 4) is 5.88 Å². The summed E-state index contributed by atoms with van der Waals surface area (Å²) in [5.74, 6) is -0.199. The molecule has 1 aromatic carbocycles. The Labute approximate surface area is 160 Å². The highest BCUT2D eigenvalue weighted by molar-refractivity contribution is 5.82. The fourth-order valence-corrected chi connectivity index (χ4v) is 3.55. The molecule has 2 aliphatic heterocycles. The van der Waals surface area contributed by atoms with Crippen molar-refractivity contribution >= 4 is 5.91 Å². The molecule has 148 valence electrons. The number of hydrogen-bond acceptors (Lipinski definition) is 4. The summed E-state index contributed by atoms with van der Waals surface area (Å²) in [5.41, 5.74) is 1.38. The summed E-state index contributed by atoms with van der Waals surface area (Å²) in [6.07, 6.45) is -3.26. The van der Waals surface area contributed by atoms with Crippen molar-refractivity contribution in [3.05, 3.63) is 59.3 Å². The Hall–Kier alpha value is -2.61. The van der Waals surface area contributed by atoms with E-state index in [1.165, 1.54) is 0 Å². The average Bonchev–Trinajstić information content (AvgIpc) is 3.15. The molecule has 2 aliphatic rings. The number of rotatable bonds is 3. The van der Waals surface area contributed by atoms with Gasteiger partial charge < -0.3 is 14.4 Å². The van der Waals surface area contributed by atoms with Gasteiger partial charge in [-0.25, -0.2) is 4.98 Å². The summed E-state index contributed by atoms with van der Waals surface area (Å²) in [6.45, 7) is 1.18. The number of benzene rings is 1. The summed E-state index contributed by atoms with van der Waals surface area (Å²) in [6, 6.07) is 9.63. The maximum Gasteiger partial charge on any atom is 0.416 e. The van der Waals surface area contributed by atoms with Gasteiger partial charge in [0, 0.05) is 31.6 Å². The number of aromatic nitrogens is 1. The molecule has 4 rings (SSSR count). The summed E-state index contributed by atoms with van der Waals surface area (Å²) >= 11 is 0. The minimum absolute atomic E-state index is 0.0861. The van der Waals surface area contributed by atoms with Gasteiger partial charge in [-0.05, 0) is 17.2 Å². The Morgan fingerprint density at radius 1 is 1.21 bits per heavy atom. The van der Waals surface area contributed by atoms with E-state index in [-0.39, 0.29) is 11.8 Å². The summed E-state index contributed by atoms with van der Waals surface area (Å²) in [4.78, 5) is 18.3. The third-order valence-corrected chi connectivity index (χ3v) is 5.05. The molecule has 3 heterocycles. The second kappa shape index (κ2) is 7.43. The fraction of sp³-hybridized carbons (Fsp3) is 0.400. The summed E-state index contributed by atoms with van der Waals surface area (Å²) in [7, 11) is 0. The molecule has 5 nitrogen and oxygen atoms in total. The molecule has 0 saturated carbocycles. The second-order valence-corrected chi connectivity index (χ2v) is 6.97. The van der Waals surface area contributed by atoms with E-state index in [1.54, 1.807) is 4.90 Å². The van der Waals surface area contributed by atoms with Crippen LogP contribution in [0.25, 0.3) is 0 Å². The fourth-order valence-electron chi connectivity index (χ4n) is 3.55. The first-order chi connectivity index (χ1) is 13.4. The van der Waals surface area contributed by atoms with Gasteiger partial charge in [0.2, 0.25) is 5.88 Å². The van der Waals surface area contributed by atoms with E-state index < -0.39 is 23.9 Å². The predicted molar refractivity (Wildman–Crippen MR) is 93.6 cm³/mol. The number of carbonyl (C=O) groups is 1. The maximum atomic E-state index is 12.8. The van der Waals surface area contributed by atoms with E-state index in [9.17, 15) is 18.0 Å². The quantitative estimate of drug-likeness (QED) is 0.805. The molecule has 1 amide bonds.